The van der Waals surface area contributed by atoms with Crippen molar-refractivity contribution < 1.29 is 45.1 Å². The Hall–Kier alpha value is -3.92. The van der Waals surface area contributed by atoms with Crippen LogP contribution >= 0.6 is 0 Å². The number of amides is 2. The van der Waals surface area contributed by atoms with Gasteiger partial charge in [0.15, 0.2) is 12.4 Å². The first kappa shape index (κ1) is 31.0. The van der Waals surface area contributed by atoms with Gasteiger partial charge in [-0.3, -0.25) is 9.59 Å². The summed E-state index contributed by atoms with van der Waals surface area (Å²) in [7, 11) is -2.91. The lowest BCUT2D eigenvalue weighted by molar-refractivity contribution is -0.153. The molecule has 2 heterocycles. The third-order valence-corrected chi connectivity index (χ3v) is 7.94. The predicted octanol–water partition coefficient (Wildman–Crippen LogP) is 2.90. The Bertz CT molecular complexity index is 1560. The van der Waals surface area contributed by atoms with Gasteiger partial charge in [0.25, 0.3) is 11.8 Å². The van der Waals surface area contributed by atoms with E-state index in [2.05, 4.69) is 10.4 Å². The fraction of sp³-hybridized carbons (Fsp3) is 0.423. The van der Waals surface area contributed by atoms with Gasteiger partial charge in [0, 0.05) is 13.5 Å². The van der Waals surface area contributed by atoms with Crippen molar-refractivity contribution in [2.24, 2.45) is 0 Å². The molecule has 0 saturated carbocycles. The first-order valence-corrected chi connectivity index (χ1v) is 14.4. The van der Waals surface area contributed by atoms with Gasteiger partial charge in [-0.15, -0.1) is 4.48 Å². The van der Waals surface area contributed by atoms with E-state index in [1.807, 2.05) is 4.72 Å². The molecule has 1 spiro atoms. The molecule has 1 atom stereocenters. The van der Waals surface area contributed by atoms with Crippen molar-refractivity contribution in [1.82, 2.24) is 25.4 Å². The number of sulfonamides is 1. The van der Waals surface area contributed by atoms with Crippen LogP contribution in [0.3, 0.4) is 0 Å². The molecule has 2 aromatic rings. The zero-order valence-electron chi connectivity index (χ0n) is 22.9. The van der Waals surface area contributed by atoms with E-state index in [4.69, 9.17) is 9.47 Å². The summed E-state index contributed by atoms with van der Waals surface area (Å²) >= 11 is 0. The number of fused-ring (bicyclic) bond motifs is 3. The Kier molecular flexibility index (Phi) is 8.68. The highest BCUT2D eigenvalue weighted by molar-refractivity contribution is 7.90. The Morgan fingerprint density at radius 2 is 2.00 bits per heavy atom. The summed E-state index contributed by atoms with van der Waals surface area (Å²) in [5.41, 5.74) is 1.83. The molecular formula is C26H29F4N5O6S. The maximum atomic E-state index is 14.0. The molecule has 1 aliphatic carbocycles. The van der Waals surface area contributed by atoms with Crippen LogP contribution in [0.5, 0.6) is 5.75 Å². The highest BCUT2D eigenvalue weighted by Gasteiger charge is 2.47. The number of carbonyl (C=O) groups excluding carboxylic acids is 2. The molecule has 2 amide bonds. The zero-order valence-corrected chi connectivity index (χ0v) is 23.7. The Balaban J connectivity index is 1.76. The maximum Gasteiger partial charge on any atom is 0.422 e. The summed E-state index contributed by atoms with van der Waals surface area (Å²) in [6.45, 7) is 1.82. The number of aromatic nitrogens is 2. The molecular weight excluding hydrogens is 586 g/mol. The smallest absolute Gasteiger partial charge is 0.422 e. The number of nitrogens with one attached hydrogen (secondary N) is 3. The third kappa shape index (κ3) is 6.59. The minimum atomic E-state index is -4.51. The van der Waals surface area contributed by atoms with Crippen molar-refractivity contribution in [3.8, 4) is 5.75 Å². The number of benzene rings is 1. The van der Waals surface area contributed by atoms with Gasteiger partial charge in [0.2, 0.25) is 10.0 Å². The van der Waals surface area contributed by atoms with Crippen molar-refractivity contribution in [3.05, 3.63) is 64.0 Å². The number of hydrogen-bond donors (Lipinski definition) is 3. The molecule has 228 valence electrons. The second kappa shape index (κ2) is 11.8. The number of alkyl halides is 3. The average molecular weight is 616 g/mol. The van der Waals surface area contributed by atoms with Crippen LogP contribution in [0.4, 0.5) is 17.7 Å². The number of halogens is 4. The van der Waals surface area contributed by atoms with Crippen molar-refractivity contribution in [1.29, 1.82) is 0 Å². The maximum absolute atomic E-state index is 14.0. The largest absolute Gasteiger partial charge is 0.484 e. The first-order chi connectivity index (χ1) is 19.7. The van der Waals surface area contributed by atoms with E-state index < -0.39 is 51.6 Å². The highest BCUT2D eigenvalue weighted by atomic mass is 32.2. The lowest BCUT2D eigenvalue weighted by atomic mass is 9.82. The molecule has 0 bridgehead atoms. The SMILES string of the molecule is COCCS(=O)(=O)NC(=O)c1c2c(nn1/C(=C/C=C(C)C)NF)C[C@]1(CCc3cc(OCC(F)(F)F)ccc31)NC2=O. The lowest BCUT2D eigenvalue weighted by Gasteiger charge is -2.35. The molecule has 42 heavy (non-hydrogen) atoms. The van der Waals surface area contributed by atoms with Crippen molar-refractivity contribution in [2.75, 3.05) is 26.1 Å². The quantitative estimate of drug-likeness (QED) is 0.211. The summed E-state index contributed by atoms with van der Waals surface area (Å²) in [6.07, 6.45) is -0.920. The molecule has 4 rings (SSSR count). The van der Waals surface area contributed by atoms with Gasteiger partial charge in [-0.05, 0) is 56.0 Å². The van der Waals surface area contributed by atoms with E-state index in [1.54, 1.807) is 19.9 Å². The number of ether oxygens (including phenoxy) is 2. The van der Waals surface area contributed by atoms with E-state index in [1.165, 1.54) is 36.9 Å². The fourth-order valence-electron chi connectivity index (χ4n) is 4.94. The number of rotatable bonds is 10. The Morgan fingerprint density at radius 1 is 1.26 bits per heavy atom. The number of nitrogens with zero attached hydrogens (tertiary/aromatic N) is 2. The summed E-state index contributed by atoms with van der Waals surface area (Å²) < 4.78 is 89.1. The summed E-state index contributed by atoms with van der Waals surface area (Å²) in [5, 5.41) is 7.24. The van der Waals surface area contributed by atoms with Crippen LogP contribution < -0.4 is 20.3 Å². The molecule has 2 aliphatic rings. The van der Waals surface area contributed by atoms with Crippen LogP contribution in [0.25, 0.3) is 5.82 Å². The van der Waals surface area contributed by atoms with Crippen LogP contribution in [0.15, 0.2) is 35.9 Å². The van der Waals surface area contributed by atoms with Gasteiger partial charge >= 0.3 is 6.18 Å². The van der Waals surface area contributed by atoms with E-state index in [0.717, 1.165) is 10.3 Å². The molecule has 1 aliphatic heterocycles. The molecule has 3 N–H and O–H groups in total. The molecule has 0 radical (unpaired) electrons. The van der Waals surface area contributed by atoms with E-state index in [-0.39, 0.29) is 35.9 Å². The summed E-state index contributed by atoms with van der Waals surface area (Å²) in [4.78, 5) is 26.9. The van der Waals surface area contributed by atoms with Crippen molar-refractivity contribution in [2.45, 2.75) is 44.8 Å². The lowest BCUT2D eigenvalue weighted by Crippen LogP contribution is -2.50. The van der Waals surface area contributed by atoms with E-state index in [0.29, 0.717) is 24.0 Å². The molecule has 0 unspecified atom stereocenters. The topological polar surface area (TPSA) is 141 Å². The minimum Gasteiger partial charge on any atom is -0.484 e. The summed E-state index contributed by atoms with van der Waals surface area (Å²) in [6, 6.07) is 4.41. The van der Waals surface area contributed by atoms with Crippen molar-refractivity contribution >= 4 is 27.7 Å². The second-order valence-corrected chi connectivity index (χ2v) is 12.0. The number of aryl methyl sites for hydroxylation is 1. The zero-order chi connectivity index (χ0) is 30.9. The third-order valence-electron chi connectivity index (χ3n) is 6.74. The number of allylic oxidation sites excluding steroid dienone is 3. The standard InChI is InChI=1S/C26H29F4N5O6S/c1-15(2)4-7-20(32-30)35-22(24(37)34-42(38,39)11-10-40-3)21-19(33-35)13-25(31-23(21)36)9-8-16-12-17(5-6-18(16)25)41-14-26(27,28)29/h4-7,12,32H,8-11,13-14H2,1-3H3,(H,31,36)(H,34,37)/b20-7+/t25-/m0/s1. The van der Waals surface area contributed by atoms with Gasteiger partial charge in [-0.25, -0.2) is 23.4 Å². The predicted molar refractivity (Wildman–Crippen MR) is 142 cm³/mol. The normalized spacial score (nSPS) is 18.3. The van der Waals surface area contributed by atoms with Crippen LogP contribution in [-0.4, -0.2) is 62.3 Å². The molecule has 0 fully saturated rings. The fourth-order valence-corrected chi connectivity index (χ4v) is 5.80. The first-order valence-electron chi connectivity index (χ1n) is 12.7. The molecule has 1 aromatic carbocycles. The number of carbonyl (C=O) groups is 2. The van der Waals surface area contributed by atoms with Crippen LogP contribution in [0.2, 0.25) is 0 Å². The Morgan fingerprint density at radius 3 is 2.64 bits per heavy atom. The van der Waals surface area contributed by atoms with Gasteiger partial charge in [0.1, 0.15) is 11.4 Å². The van der Waals surface area contributed by atoms with Crippen LogP contribution in [0.1, 0.15) is 57.9 Å². The van der Waals surface area contributed by atoms with Gasteiger partial charge < -0.3 is 14.8 Å². The van der Waals surface area contributed by atoms with E-state index in [9.17, 15) is 35.7 Å². The molecule has 0 saturated heterocycles. The molecule has 11 nitrogen and oxygen atoms in total. The number of methoxy groups -OCH3 is 1. The van der Waals surface area contributed by atoms with Gasteiger partial charge in [-0.2, -0.15) is 18.3 Å². The molecule has 16 heteroatoms. The number of hydrogen-bond acceptors (Lipinski definition) is 8. The average Bonchev–Trinajstić information content (AvgIpc) is 3.44. The van der Waals surface area contributed by atoms with Gasteiger partial charge in [-0.1, -0.05) is 17.7 Å². The Labute approximate surface area is 238 Å². The van der Waals surface area contributed by atoms with Crippen LogP contribution in [-0.2, 0) is 33.1 Å². The molecule has 1 aromatic heterocycles. The van der Waals surface area contributed by atoms with Gasteiger partial charge in [0.05, 0.1) is 29.2 Å². The van der Waals surface area contributed by atoms with E-state index >= 15 is 0 Å². The minimum absolute atomic E-state index is 0.0203. The van der Waals surface area contributed by atoms with Crippen LogP contribution in [0, 0.1) is 0 Å². The summed E-state index contributed by atoms with van der Waals surface area (Å²) in [5.74, 6) is -2.85. The highest BCUT2D eigenvalue weighted by Crippen LogP contribution is 2.44. The van der Waals surface area contributed by atoms with Crippen molar-refractivity contribution in [3.63, 3.8) is 0 Å². The monoisotopic (exact) mass is 615 g/mol. The second-order valence-electron chi connectivity index (χ2n) is 10.2.